The van der Waals surface area contributed by atoms with Crippen LogP contribution in [-0.2, 0) is 0 Å². The van der Waals surface area contributed by atoms with Crippen molar-refractivity contribution in [1.29, 1.82) is 0 Å². The Kier molecular flexibility index (Phi) is 5.48. The molecule has 3 nitrogen and oxygen atoms in total. The normalized spacial score (nSPS) is 15.8. The summed E-state index contributed by atoms with van der Waals surface area (Å²) in [6.07, 6.45) is 7.42. The summed E-state index contributed by atoms with van der Waals surface area (Å²) in [5.74, 6) is 1.71. The fraction of sp³-hybridized carbons (Fsp3) is 0.529. The number of benzene rings is 1. The zero-order valence-corrected chi connectivity index (χ0v) is 12.7. The van der Waals surface area contributed by atoms with Crippen molar-refractivity contribution in [3.63, 3.8) is 0 Å². The number of hydrogen-bond donors (Lipinski definition) is 1. The van der Waals surface area contributed by atoms with Gasteiger partial charge in [0.1, 0.15) is 11.5 Å². The second-order valence-corrected chi connectivity index (χ2v) is 5.29. The van der Waals surface area contributed by atoms with Crippen molar-refractivity contribution in [2.75, 3.05) is 20.8 Å². The number of methoxy groups -OCH3 is 2. The molecule has 0 saturated heterocycles. The summed E-state index contributed by atoms with van der Waals surface area (Å²) in [6.45, 7) is 3.19. The molecule has 1 aliphatic rings. The third-order valence-electron chi connectivity index (χ3n) is 3.94. The summed E-state index contributed by atoms with van der Waals surface area (Å²) < 4.78 is 10.7. The predicted octanol–water partition coefficient (Wildman–Crippen LogP) is 3.85. The SMILES string of the molecule is COc1ccc(C(C)NCCC2=CCCC2)c(OC)c1. The monoisotopic (exact) mass is 275 g/mol. The van der Waals surface area contributed by atoms with Crippen molar-refractivity contribution >= 4 is 0 Å². The quantitative estimate of drug-likeness (QED) is 0.767. The third-order valence-corrected chi connectivity index (χ3v) is 3.94. The number of allylic oxidation sites excluding steroid dienone is 1. The molecule has 1 aromatic rings. The highest BCUT2D eigenvalue weighted by Crippen LogP contribution is 2.29. The van der Waals surface area contributed by atoms with Gasteiger partial charge < -0.3 is 14.8 Å². The molecule has 0 bridgehead atoms. The van der Waals surface area contributed by atoms with Crippen molar-refractivity contribution < 1.29 is 9.47 Å². The summed E-state index contributed by atoms with van der Waals surface area (Å²) in [7, 11) is 3.37. The molecule has 0 aromatic heterocycles. The highest BCUT2D eigenvalue weighted by atomic mass is 16.5. The summed E-state index contributed by atoms with van der Waals surface area (Å²) >= 11 is 0. The van der Waals surface area contributed by atoms with Gasteiger partial charge in [0.2, 0.25) is 0 Å². The lowest BCUT2D eigenvalue weighted by Gasteiger charge is -2.18. The minimum absolute atomic E-state index is 0.276. The first-order valence-corrected chi connectivity index (χ1v) is 7.38. The van der Waals surface area contributed by atoms with Gasteiger partial charge in [0.05, 0.1) is 14.2 Å². The van der Waals surface area contributed by atoms with Crippen LogP contribution in [0, 0.1) is 0 Å². The van der Waals surface area contributed by atoms with Crippen LogP contribution in [0.3, 0.4) is 0 Å². The molecule has 0 aliphatic heterocycles. The Morgan fingerprint density at radius 2 is 2.10 bits per heavy atom. The van der Waals surface area contributed by atoms with Gasteiger partial charge in [0.25, 0.3) is 0 Å². The molecule has 20 heavy (non-hydrogen) atoms. The van der Waals surface area contributed by atoms with E-state index in [-0.39, 0.29) is 6.04 Å². The van der Waals surface area contributed by atoms with Gasteiger partial charge in [0.15, 0.2) is 0 Å². The lowest BCUT2D eigenvalue weighted by Crippen LogP contribution is -2.20. The van der Waals surface area contributed by atoms with E-state index in [0.29, 0.717) is 0 Å². The van der Waals surface area contributed by atoms with Crippen LogP contribution in [0.2, 0.25) is 0 Å². The maximum atomic E-state index is 5.46. The van der Waals surface area contributed by atoms with E-state index in [1.54, 1.807) is 19.8 Å². The van der Waals surface area contributed by atoms with Crippen molar-refractivity contribution in [1.82, 2.24) is 5.32 Å². The van der Waals surface area contributed by atoms with Gasteiger partial charge >= 0.3 is 0 Å². The van der Waals surface area contributed by atoms with Crippen LogP contribution in [0.4, 0.5) is 0 Å². The summed E-state index contributed by atoms with van der Waals surface area (Å²) in [5, 5.41) is 3.58. The van der Waals surface area contributed by atoms with Crippen LogP contribution in [0.25, 0.3) is 0 Å². The van der Waals surface area contributed by atoms with Crippen LogP contribution < -0.4 is 14.8 Å². The zero-order valence-electron chi connectivity index (χ0n) is 12.7. The molecule has 110 valence electrons. The topological polar surface area (TPSA) is 30.5 Å². The lowest BCUT2D eigenvalue weighted by atomic mass is 10.1. The first-order valence-electron chi connectivity index (χ1n) is 7.38. The minimum Gasteiger partial charge on any atom is -0.497 e. The average molecular weight is 275 g/mol. The minimum atomic E-state index is 0.276. The molecule has 1 N–H and O–H groups in total. The highest BCUT2D eigenvalue weighted by molar-refractivity contribution is 5.42. The van der Waals surface area contributed by atoms with Crippen LogP contribution in [0.1, 0.15) is 44.2 Å². The number of rotatable bonds is 7. The van der Waals surface area contributed by atoms with Gasteiger partial charge in [-0.15, -0.1) is 0 Å². The Morgan fingerprint density at radius 3 is 2.75 bits per heavy atom. The van der Waals surface area contributed by atoms with Gasteiger partial charge in [0, 0.05) is 17.7 Å². The standard InChI is InChI=1S/C17H25NO2/c1-13(18-11-10-14-6-4-5-7-14)16-9-8-15(19-2)12-17(16)20-3/h6,8-9,12-13,18H,4-5,7,10-11H2,1-3H3. The van der Waals surface area contributed by atoms with E-state index >= 15 is 0 Å². The van der Waals surface area contributed by atoms with Crippen molar-refractivity contribution in [2.24, 2.45) is 0 Å². The molecule has 2 rings (SSSR count). The maximum Gasteiger partial charge on any atom is 0.127 e. The Balaban J connectivity index is 1.92. The molecule has 1 unspecified atom stereocenters. The molecular weight excluding hydrogens is 250 g/mol. The predicted molar refractivity (Wildman–Crippen MR) is 82.5 cm³/mol. The van der Waals surface area contributed by atoms with E-state index in [9.17, 15) is 0 Å². The van der Waals surface area contributed by atoms with E-state index < -0.39 is 0 Å². The van der Waals surface area contributed by atoms with Crippen LogP contribution in [-0.4, -0.2) is 20.8 Å². The van der Waals surface area contributed by atoms with Crippen LogP contribution in [0.15, 0.2) is 29.8 Å². The van der Waals surface area contributed by atoms with Crippen LogP contribution in [0.5, 0.6) is 11.5 Å². The largest absolute Gasteiger partial charge is 0.497 e. The Bertz CT molecular complexity index is 468. The molecule has 1 atom stereocenters. The lowest BCUT2D eigenvalue weighted by molar-refractivity contribution is 0.386. The zero-order chi connectivity index (χ0) is 14.4. The van der Waals surface area contributed by atoms with E-state index in [0.717, 1.165) is 24.5 Å². The van der Waals surface area contributed by atoms with Crippen molar-refractivity contribution in [2.45, 2.75) is 38.6 Å². The molecule has 0 fully saturated rings. The second kappa shape index (κ2) is 7.34. The third kappa shape index (κ3) is 3.76. The highest BCUT2D eigenvalue weighted by Gasteiger charge is 2.12. The molecule has 0 heterocycles. The number of nitrogens with one attached hydrogen (secondary N) is 1. The smallest absolute Gasteiger partial charge is 0.127 e. The first kappa shape index (κ1) is 14.9. The first-order chi connectivity index (χ1) is 9.74. The molecule has 0 saturated carbocycles. The van der Waals surface area contributed by atoms with E-state index in [2.05, 4.69) is 24.4 Å². The van der Waals surface area contributed by atoms with Gasteiger partial charge in [-0.25, -0.2) is 0 Å². The van der Waals surface area contributed by atoms with Gasteiger partial charge in [-0.3, -0.25) is 0 Å². The Labute approximate surface area is 122 Å². The summed E-state index contributed by atoms with van der Waals surface area (Å²) in [5.41, 5.74) is 2.78. The molecule has 0 amide bonds. The van der Waals surface area contributed by atoms with Gasteiger partial charge in [-0.2, -0.15) is 0 Å². The summed E-state index contributed by atoms with van der Waals surface area (Å²) in [4.78, 5) is 0. The van der Waals surface area contributed by atoms with Gasteiger partial charge in [-0.05, 0) is 45.2 Å². The van der Waals surface area contributed by atoms with E-state index in [1.807, 2.05) is 12.1 Å². The Morgan fingerprint density at radius 1 is 1.25 bits per heavy atom. The Hall–Kier alpha value is -1.48. The van der Waals surface area contributed by atoms with Crippen molar-refractivity contribution in [3.05, 3.63) is 35.4 Å². The number of hydrogen-bond acceptors (Lipinski definition) is 3. The van der Waals surface area contributed by atoms with Gasteiger partial charge in [-0.1, -0.05) is 17.7 Å². The second-order valence-electron chi connectivity index (χ2n) is 5.29. The van der Waals surface area contributed by atoms with Crippen molar-refractivity contribution in [3.8, 4) is 11.5 Å². The molecule has 0 radical (unpaired) electrons. The fourth-order valence-electron chi connectivity index (χ4n) is 2.70. The molecule has 1 aromatic carbocycles. The molecular formula is C17H25NO2. The molecule has 1 aliphatic carbocycles. The van der Waals surface area contributed by atoms with E-state index in [1.165, 1.54) is 24.8 Å². The molecule has 0 spiro atoms. The molecule has 3 heteroatoms. The van der Waals surface area contributed by atoms with E-state index in [4.69, 9.17) is 9.47 Å². The fourth-order valence-corrected chi connectivity index (χ4v) is 2.70. The van der Waals surface area contributed by atoms with Crippen LogP contribution >= 0.6 is 0 Å². The average Bonchev–Trinajstić information content (AvgIpc) is 2.99. The number of ether oxygens (including phenoxy) is 2. The summed E-state index contributed by atoms with van der Waals surface area (Å²) in [6, 6.07) is 6.27. The maximum absolute atomic E-state index is 5.46.